The SMILES string of the molecule is O=C1CN(c2ccc(NC(=O)c3ccc(F)c(S(=O)(=O)N4CCCCC4)c3)cc2Cl)CCN1. The molecule has 0 atom stereocenters. The maximum atomic E-state index is 14.4. The van der Waals surface area contributed by atoms with Gasteiger partial charge >= 0.3 is 0 Å². The molecule has 0 saturated carbocycles. The van der Waals surface area contributed by atoms with Gasteiger partial charge in [0, 0.05) is 37.4 Å². The Morgan fingerprint density at radius 3 is 2.52 bits per heavy atom. The molecule has 2 heterocycles. The highest BCUT2D eigenvalue weighted by Crippen LogP contribution is 2.30. The fraction of sp³-hybridized carbons (Fsp3) is 0.364. The number of nitrogens with one attached hydrogen (secondary N) is 2. The summed E-state index contributed by atoms with van der Waals surface area (Å²) in [4.78, 5) is 25.7. The van der Waals surface area contributed by atoms with E-state index in [4.69, 9.17) is 11.6 Å². The van der Waals surface area contributed by atoms with Crippen molar-refractivity contribution in [2.75, 3.05) is 42.9 Å². The van der Waals surface area contributed by atoms with Gasteiger partial charge in [0.2, 0.25) is 15.9 Å². The van der Waals surface area contributed by atoms with Gasteiger partial charge in [-0.2, -0.15) is 4.31 Å². The molecule has 2 amide bonds. The molecule has 2 aromatic carbocycles. The Labute approximate surface area is 196 Å². The van der Waals surface area contributed by atoms with Crippen molar-refractivity contribution in [2.45, 2.75) is 24.2 Å². The smallest absolute Gasteiger partial charge is 0.255 e. The molecule has 2 aromatic rings. The van der Waals surface area contributed by atoms with Gasteiger partial charge in [0.1, 0.15) is 10.7 Å². The first-order chi connectivity index (χ1) is 15.8. The second-order valence-electron chi connectivity index (χ2n) is 8.00. The third kappa shape index (κ3) is 5.13. The maximum absolute atomic E-state index is 14.4. The van der Waals surface area contributed by atoms with E-state index in [-0.39, 0.29) is 18.0 Å². The first-order valence-corrected chi connectivity index (χ1v) is 12.5. The number of sulfonamides is 1. The summed E-state index contributed by atoms with van der Waals surface area (Å²) in [6, 6.07) is 8.19. The number of carbonyl (C=O) groups is 2. The van der Waals surface area contributed by atoms with Crippen LogP contribution in [-0.2, 0) is 14.8 Å². The van der Waals surface area contributed by atoms with Gasteiger partial charge in [0.05, 0.1) is 17.3 Å². The number of benzene rings is 2. The first kappa shape index (κ1) is 23.5. The summed E-state index contributed by atoms with van der Waals surface area (Å²) in [6.07, 6.45) is 2.38. The van der Waals surface area contributed by atoms with Gasteiger partial charge in [-0.05, 0) is 49.2 Å². The van der Waals surface area contributed by atoms with Crippen LogP contribution < -0.4 is 15.5 Å². The Morgan fingerprint density at radius 1 is 1.06 bits per heavy atom. The van der Waals surface area contributed by atoms with Crippen molar-refractivity contribution in [3.05, 3.63) is 52.8 Å². The predicted octanol–water partition coefficient (Wildman–Crippen LogP) is 2.84. The fourth-order valence-electron chi connectivity index (χ4n) is 3.98. The highest BCUT2D eigenvalue weighted by molar-refractivity contribution is 7.89. The summed E-state index contributed by atoms with van der Waals surface area (Å²) in [5.41, 5.74) is 1.07. The van der Waals surface area contributed by atoms with E-state index in [0.29, 0.717) is 42.6 Å². The van der Waals surface area contributed by atoms with Gasteiger partial charge in [-0.15, -0.1) is 0 Å². The molecule has 0 radical (unpaired) electrons. The average Bonchev–Trinajstić information content (AvgIpc) is 2.80. The molecular formula is C22H24ClFN4O4S. The lowest BCUT2D eigenvalue weighted by molar-refractivity contribution is -0.120. The number of anilines is 2. The molecule has 0 unspecified atom stereocenters. The molecule has 2 saturated heterocycles. The summed E-state index contributed by atoms with van der Waals surface area (Å²) >= 11 is 6.37. The Balaban J connectivity index is 1.52. The van der Waals surface area contributed by atoms with Crippen LogP contribution in [0.3, 0.4) is 0 Å². The molecule has 2 fully saturated rings. The lowest BCUT2D eigenvalue weighted by atomic mass is 10.2. The van der Waals surface area contributed by atoms with Crippen molar-refractivity contribution in [3.63, 3.8) is 0 Å². The summed E-state index contributed by atoms with van der Waals surface area (Å²) in [5, 5.41) is 5.76. The van der Waals surface area contributed by atoms with Crippen LogP contribution in [0.5, 0.6) is 0 Å². The van der Waals surface area contributed by atoms with Crippen molar-refractivity contribution in [1.82, 2.24) is 9.62 Å². The standard InChI is InChI=1S/C22H24ClFN4O4S/c23-17-13-16(5-7-19(17)27-11-8-25-21(29)14-27)26-22(30)15-4-6-18(24)20(12-15)33(31,32)28-9-2-1-3-10-28/h4-7,12-13H,1-3,8-11,14H2,(H,25,29)(H,26,30). The van der Waals surface area contributed by atoms with Crippen LogP contribution in [0.1, 0.15) is 29.6 Å². The molecule has 4 rings (SSSR count). The maximum Gasteiger partial charge on any atom is 0.255 e. The minimum atomic E-state index is -4.03. The Kier molecular flexibility index (Phi) is 6.87. The van der Waals surface area contributed by atoms with Crippen molar-refractivity contribution in [3.8, 4) is 0 Å². The van der Waals surface area contributed by atoms with Crippen LogP contribution in [0, 0.1) is 5.82 Å². The summed E-state index contributed by atoms with van der Waals surface area (Å²) in [6.45, 7) is 1.99. The normalized spacial score (nSPS) is 17.5. The number of rotatable bonds is 5. The van der Waals surface area contributed by atoms with Crippen molar-refractivity contribution in [2.24, 2.45) is 0 Å². The molecule has 0 spiro atoms. The van der Waals surface area contributed by atoms with Crippen LogP contribution in [0.15, 0.2) is 41.3 Å². The molecule has 33 heavy (non-hydrogen) atoms. The van der Waals surface area contributed by atoms with Gasteiger partial charge in [0.25, 0.3) is 5.91 Å². The van der Waals surface area contributed by atoms with Crippen molar-refractivity contribution < 1.29 is 22.4 Å². The number of piperazine rings is 1. The zero-order valence-corrected chi connectivity index (χ0v) is 19.4. The number of amides is 2. The molecular weight excluding hydrogens is 471 g/mol. The van der Waals surface area contributed by atoms with Crippen molar-refractivity contribution >= 4 is 44.8 Å². The third-order valence-electron chi connectivity index (χ3n) is 5.71. The van der Waals surface area contributed by atoms with Gasteiger partial charge in [-0.25, -0.2) is 12.8 Å². The molecule has 0 bridgehead atoms. The van der Waals surface area contributed by atoms with E-state index in [2.05, 4.69) is 10.6 Å². The van der Waals surface area contributed by atoms with Gasteiger partial charge in [-0.1, -0.05) is 18.0 Å². The quantitative estimate of drug-likeness (QED) is 0.666. The molecule has 0 aromatic heterocycles. The van der Waals surface area contributed by atoms with Crippen LogP contribution in [0.4, 0.5) is 15.8 Å². The lowest BCUT2D eigenvalue weighted by Gasteiger charge is -2.29. The first-order valence-electron chi connectivity index (χ1n) is 10.7. The van der Waals surface area contributed by atoms with E-state index in [9.17, 15) is 22.4 Å². The number of hydrogen-bond acceptors (Lipinski definition) is 5. The molecule has 0 aliphatic carbocycles. The summed E-state index contributed by atoms with van der Waals surface area (Å²) in [5.74, 6) is -1.58. The van der Waals surface area contributed by atoms with Crippen LogP contribution in [0.25, 0.3) is 0 Å². The van der Waals surface area contributed by atoms with E-state index in [1.165, 1.54) is 10.4 Å². The largest absolute Gasteiger partial charge is 0.359 e. The average molecular weight is 495 g/mol. The molecule has 11 heteroatoms. The number of carbonyl (C=O) groups excluding carboxylic acids is 2. The zero-order valence-electron chi connectivity index (χ0n) is 17.8. The highest BCUT2D eigenvalue weighted by Gasteiger charge is 2.29. The van der Waals surface area contributed by atoms with E-state index < -0.39 is 26.6 Å². The minimum Gasteiger partial charge on any atom is -0.359 e. The van der Waals surface area contributed by atoms with E-state index in [0.717, 1.165) is 31.4 Å². The minimum absolute atomic E-state index is 0.0138. The molecule has 2 aliphatic heterocycles. The van der Waals surface area contributed by atoms with Gasteiger partial charge in [0.15, 0.2) is 0 Å². The number of piperidine rings is 1. The third-order valence-corrected chi connectivity index (χ3v) is 7.93. The lowest BCUT2D eigenvalue weighted by Crippen LogP contribution is -2.47. The molecule has 2 aliphatic rings. The van der Waals surface area contributed by atoms with Crippen molar-refractivity contribution in [1.29, 1.82) is 0 Å². The topological polar surface area (TPSA) is 98.8 Å². The second kappa shape index (κ2) is 9.66. The van der Waals surface area contributed by atoms with E-state index in [1.807, 2.05) is 4.90 Å². The number of nitrogens with zero attached hydrogens (tertiary/aromatic N) is 2. The van der Waals surface area contributed by atoms with Crippen LogP contribution in [0.2, 0.25) is 5.02 Å². The zero-order chi connectivity index (χ0) is 23.6. The Bertz CT molecular complexity index is 1180. The monoisotopic (exact) mass is 494 g/mol. The predicted molar refractivity (Wildman–Crippen MR) is 124 cm³/mol. The highest BCUT2D eigenvalue weighted by atomic mass is 35.5. The molecule has 8 nitrogen and oxygen atoms in total. The van der Waals surface area contributed by atoms with E-state index in [1.54, 1.807) is 18.2 Å². The van der Waals surface area contributed by atoms with Crippen LogP contribution >= 0.6 is 11.6 Å². The fourth-order valence-corrected chi connectivity index (χ4v) is 5.88. The second-order valence-corrected chi connectivity index (χ2v) is 10.3. The summed E-state index contributed by atoms with van der Waals surface area (Å²) in [7, 11) is -4.03. The molecule has 2 N–H and O–H groups in total. The van der Waals surface area contributed by atoms with Gasteiger partial charge in [-0.3, -0.25) is 9.59 Å². The Morgan fingerprint density at radius 2 is 1.82 bits per heavy atom. The van der Waals surface area contributed by atoms with Crippen LogP contribution in [-0.4, -0.2) is 57.3 Å². The molecule has 176 valence electrons. The number of hydrogen-bond donors (Lipinski definition) is 2. The Hall–Kier alpha value is -2.69. The summed E-state index contributed by atoms with van der Waals surface area (Å²) < 4.78 is 41.5. The van der Waals surface area contributed by atoms with Gasteiger partial charge < -0.3 is 15.5 Å². The van der Waals surface area contributed by atoms with E-state index >= 15 is 0 Å². The number of halogens is 2.